The number of hydrogen-bond acceptors (Lipinski definition) is 4. The van der Waals surface area contributed by atoms with Gasteiger partial charge in [0.25, 0.3) is 0 Å². The lowest BCUT2D eigenvalue weighted by atomic mass is 10.0. The fourth-order valence-electron chi connectivity index (χ4n) is 2.96. The van der Waals surface area contributed by atoms with Gasteiger partial charge < -0.3 is 10.6 Å². The van der Waals surface area contributed by atoms with Crippen LogP contribution in [0.5, 0.6) is 0 Å². The van der Waals surface area contributed by atoms with Crippen LogP contribution < -0.4 is 10.6 Å². The standard InChI is InChI=1S/C21H18N4OS/c26-21(24-13-16-7-3-6-15-5-1-2-8-17(15)16)25-14-18-20(23-11-10-22-18)19-9-4-12-27-19/h1-12H,13-14H2,(H2,24,25,26). The van der Waals surface area contributed by atoms with Crippen molar-refractivity contribution >= 4 is 28.1 Å². The number of nitrogens with one attached hydrogen (secondary N) is 2. The SMILES string of the molecule is O=C(NCc1nccnc1-c1cccs1)NCc1cccc2ccccc12. The molecule has 0 fully saturated rings. The van der Waals surface area contributed by atoms with E-state index < -0.39 is 0 Å². The Bertz CT molecular complexity index is 1060. The molecule has 0 unspecified atom stereocenters. The molecule has 2 heterocycles. The van der Waals surface area contributed by atoms with Gasteiger partial charge in [0, 0.05) is 18.9 Å². The first-order valence-electron chi connectivity index (χ1n) is 8.63. The zero-order chi connectivity index (χ0) is 18.5. The molecule has 134 valence electrons. The van der Waals surface area contributed by atoms with Crippen LogP contribution in [0.3, 0.4) is 0 Å². The summed E-state index contributed by atoms with van der Waals surface area (Å²) in [5, 5.41) is 10.1. The Morgan fingerprint density at radius 2 is 1.70 bits per heavy atom. The highest BCUT2D eigenvalue weighted by atomic mass is 32.1. The molecule has 0 aliphatic rings. The van der Waals surface area contributed by atoms with Gasteiger partial charge in [-0.2, -0.15) is 0 Å². The first-order chi connectivity index (χ1) is 13.3. The quantitative estimate of drug-likeness (QED) is 0.545. The second-order valence-corrected chi connectivity index (χ2v) is 6.95. The van der Waals surface area contributed by atoms with E-state index in [0.717, 1.165) is 32.6 Å². The number of hydrogen-bond donors (Lipinski definition) is 2. The van der Waals surface area contributed by atoms with Crippen LogP contribution in [0.15, 0.2) is 72.4 Å². The molecule has 0 radical (unpaired) electrons. The summed E-state index contributed by atoms with van der Waals surface area (Å²) in [6.45, 7) is 0.786. The molecule has 0 aliphatic heterocycles. The summed E-state index contributed by atoms with van der Waals surface area (Å²) in [7, 11) is 0. The number of benzene rings is 2. The predicted molar refractivity (Wildman–Crippen MR) is 108 cm³/mol. The molecule has 0 aliphatic carbocycles. The normalized spacial score (nSPS) is 10.7. The number of amides is 2. The first-order valence-corrected chi connectivity index (χ1v) is 9.51. The Balaban J connectivity index is 1.40. The summed E-state index contributed by atoms with van der Waals surface area (Å²) in [4.78, 5) is 22.1. The van der Waals surface area contributed by atoms with Crippen LogP contribution in [0.4, 0.5) is 4.79 Å². The number of aromatic nitrogens is 2. The summed E-state index contributed by atoms with van der Waals surface area (Å²) in [6.07, 6.45) is 3.31. The molecule has 0 bridgehead atoms. The van der Waals surface area contributed by atoms with Gasteiger partial charge in [0.15, 0.2) is 0 Å². The lowest BCUT2D eigenvalue weighted by Crippen LogP contribution is -2.35. The van der Waals surface area contributed by atoms with Gasteiger partial charge in [0.05, 0.1) is 17.1 Å². The van der Waals surface area contributed by atoms with Crippen LogP contribution in [0.1, 0.15) is 11.3 Å². The third kappa shape index (κ3) is 3.96. The van der Waals surface area contributed by atoms with Gasteiger partial charge in [-0.1, -0.05) is 48.5 Å². The van der Waals surface area contributed by atoms with Gasteiger partial charge in [0.2, 0.25) is 0 Å². The molecule has 0 spiro atoms. The second kappa shape index (κ2) is 7.97. The van der Waals surface area contributed by atoms with Crippen LogP contribution >= 0.6 is 11.3 Å². The predicted octanol–water partition coefficient (Wildman–Crippen LogP) is 4.36. The highest BCUT2D eigenvalue weighted by Gasteiger charge is 2.10. The van der Waals surface area contributed by atoms with Crippen LogP contribution in [-0.4, -0.2) is 16.0 Å². The van der Waals surface area contributed by atoms with Gasteiger partial charge in [-0.25, -0.2) is 4.79 Å². The van der Waals surface area contributed by atoms with E-state index in [2.05, 4.69) is 38.8 Å². The lowest BCUT2D eigenvalue weighted by molar-refractivity contribution is 0.240. The van der Waals surface area contributed by atoms with Crippen molar-refractivity contribution in [1.82, 2.24) is 20.6 Å². The van der Waals surface area contributed by atoms with Crippen molar-refractivity contribution in [1.29, 1.82) is 0 Å². The molecule has 27 heavy (non-hydrogen) atoms. The second-order valence-electron chi connectivity index (χ2n) is 6.00. The minimum Gasteiger partial charge on any atom is -0.334 e. The Morgan fingerprint density at radius 3 is 2.59 bits per heavy atom. The maximum atomic E-state index is 12.3. The van der Waals surface area contributed by atoms with E-state index in [1.807, 2.05) is 41.8 Å². The van der Waals surface area contributed by atoms with Crippen molar-refractivity contribution in [3.63, 3.8) is 0 Å². The van der Waals surface area contributed by atoms with E-state index in [4.69, 9.17) is 0 Å². The molecule has 0 saturated carbocycles. The van der Waals surface area contributed by atoms with Crippen molar-refractivity contribution < 1.29 is 4.79 Å². The molecule has 2 amide bonds. The van der Waals surface area contributed by atoms with Gasteiger partial charge in [0.1, 0.15) is 5.69 Å². The number of rotatable bonds is 5. The Labute approximate surface area is 161 Å². The van der Waals surface area contributed by atoms with Gasteiger partial charge in [-0.3, -0.25) is 9.97 Å². The molecule has 0 saturated heterocycles. The average molecular weight is 374 g/mol. The summed E-state index contributed by atoms with van der Waals surface area (Å²) >= 11 is 1.60. The van der Waals surface area contributed by atoms with Crippen molar-refractivity contribution in [3.8, 4) is 10.6 Å². The zero-order valence-corrected chi connectivity index (χ0v) is 15.4. The minimum absolute atomic E-state index is 0.231. The molecule has 2 aromatic heterocycles. The third-order valence-electron chi connectivity index (χ3n) is 4.26. The number of carbonyl (C=O) groups is 1. The van der Waals surface area contributed by atoms with Crippen LogP contribution in [0.25, 0.3) is 21.3 Å². The molecular formula is C21H18N4OS. The van der Waals surface area contributed by atoms with Gasteiger partial charge in [-0.15, -0.1) is 11.3 Å². The smallest absolute Gasteiger partial charge is 0.315 e. The third-order valence-corrected chi connectivity index (χ3v) is 5.14. The lowest BCUT2D eigenvalue weighted by Gasteiger charge is -2.11. The van der Waals surface area contributed by atoms with Crippen LogP contribution in [-0.2, 0) is 13.1 Å². The number of thiophene rings is 1. The van der Waals surface area contributed by atoms with Crippen molar-refractivity contribution in [2.75, 3.05) is 0 Å². The van der Waals surface area contributed by atoms with Gasteiger partial charge in [-0.05, 0) is 27.8 Å². The summed E-state index contributed by atoms with van der Waals surface area (Å²) < 4.78 is 0. The van der Waals surface area contributed by atoms with Crippen molar-refractivity contribution in [3.05, 3.63) is 83.6 Å². The van der Waals surface area contributed by atoms with E-state index in [0.29, 0.717) is 13.1 Å². The topological polar surface area (TPSA) is 66.9 Å². The Kier molecular flexibility index (Phi) is 5.07. The largest absolute Gasteiger partial charge is 0.334 e. The van der Waals surface area contributed by atoms with E-state index in [1.54, 1.807) is 23.7 Å². The van der Waals surface area contributed by atoms with Crippen LogP contribution in [0, 0.1) is 0 Å². The van der Waals surface area contributed by atoms with E-state index in [9.17, 15) is 4.79 Å². The van der Waals surface area contributed by atoms with E-state index in [1.165, 1.54) is 0 Å². The molecule has 0 atom stereocenters. The van der Waals surface area contributed by atoms with Crippen molar-refractivity contribution in [2.45, 2.75) is 13.1 Å². The molecule has 2 aromatic carbocycles. The average Bonchev–Trinajstić information content (AvgIpc) is 3.25. The van der Waals surface area contributed by atoms with Crippen molar-refractivity contribution in [2.24, 2.45) is 0 Å². The van der Waals surface area contributed by atoms with Crippen LogP contribution in [0.2, 0.25) is 0 Å². The molecular weight excluding hydrogens is 356 g/mol. The fourth-order valence-corrected chi connectivity index (χ4v) is 3.71. The highest BCUT2D eigenvalue weighted by molar-refractivity contribution is 7.13. The van der Waals surface area contributed by atoms with E-state index >= 15 is 0 Å². The molecule has 5 nitrogen and oxygen atoms in total. The molecule has 2 N–H and O–H groups in total. The maximum Gasteiger partial charge on any atom is 0.315 e. The number of carbonyl (C=O) groups excluding carboxylic acids is 1. The molecule has 4 rings (SSSR count). The van der Waals surface area contributed by atoms with Gasteiger partial charge >= 0.3 is 6.03 Å². The minimum atomic E-state index is -0.231. The fraction of sp³-hybridized carbons (Fsp3) is 0.0952. The number of nitrogens with zero attached hydrogens (tertiary/aromatic N) is 2. The summed E-state index contributed by atoms with van der Waals surface area (Å²) in [5.74, 6) is 0. The maximum absolute atomic E-state index is 12.3. The highest BCUT2D eigenvalue weighted by Crippen LogP contribution is 2.24. The molecule has 4 aromatic rings. The van der Waals surface area contributed by atoms with E-state index in [-0.39, 0.29) is 6.03 Å². The monoisotopic (exact) mass is 374 g/mol. The summed E-state index contributed by atoms with van der Waals surface area (Å²) in [6, 6.07) is 18.0. The first kappa shape index (κ1) is 17.2. The zero-order valence-electron chi connectivity index (χ0n) is 14.6. The number of urea groups is 1. The number of fused-ring (bicyclic) bond motifs is 1. The Morgan fingerprint density at radius 1 is 0.889 bits per heavy atom. The Hall–Kier alpha value is -3.25. The summed E-state index contributed by atoms with van der Waals surface area (Å²) in [5.41, 5.74) is 2.64. The molecule has 6 heteroatoms.